The van der Waals surface area contributed by atoms with Crippen LogP contribution in [0, 0.1) is 5.92 Å². The van der Waals surface area contributed by atoms with Gasteiger partial charge in [-0.05, 0) is 65.8 Å². The fourth-order valence-electron chi connectivity index (χ4n) is 8.78. The van der Waals surface area contributed by atoms with Crippen molar-refractivity contribution in [3.63, 3.8) is 0 Å². The van der Waals surface area contributed by atoms with Crippen molar-refractivity contribution in [1.29, 1.82) is 0 Å². The Bertz CT molecular complexity index is 2480. The highest BCUT2D eigenvalue weighted by molar-refractivity contribution is 5.93. The fraction of sp³-hybridized carbons (Fsp3) is 0.567. The number of nitrogens with one attached hydrogen (secondary N) is 7. The fourth-order valence-corrected chi connectivity index (χ4v) is 8.78. The summed E-state index contributed by atoms with van der Waals surface area (Å²) in [6.07, 6.45) is 0.627. The van der Waals surface area contributed by atoms with Crippen molar-refractivity contribution in [3.05, 3.63) is 95.6 Å². The Morgan fingerprint density at radius 2 is 1.00 bits per heavy atom. The van der Waals surface area contributed by atoms with E-state index in [9.17, 15) is 43.5 Å². The predicted molar refractivity (Wildman–Crippen MR) is 310 cm³/mol. The first kappa shape index (κ1) is 69.6. The van der Waals surface area contributed by atoms with Crippen LogP contribution in [-0.2, 0) is 87.4 Å². The van der Waals surface area contributed by atoms with E-state index in [0.717, 1.165) is 22.3 Å². The summed E-state index contributed by atoms with van der Waals surface area (Å²) >= 11 is 0. The minimum atomic E-state index is -1.17. The molecule has 474 valence electrons. The highest BCUT2D eigenvalue weighted by Gasteiger charge is 2.37. The highest BCUT2D eigenvalue weighted by Crippen LogP contribution is 2.44. The van der Waals surface area contributed by atoms with Crippen LogP contribution < -0.4 is 37.2 Å². The lowest BCUT2D eigenvalue weighted by molar-refractivity contribution is -0.153. The molecule has 1 fully saturated rings. The van der Waals surface area contributed by atoms with Gasteiger partial charge in [-0.3, -0.25) is 28.8 Å². The van der Waals surface area contributed by atoms with E-state index in [1.807, 2.05) is 48.5 Å². The van der Waals surface area contributed by atoms with Gasteiger partial charge in [0, 0.05) is 32.4 Å². The minimum Gasteiger partial charge on any atom is -0.479 e. The van der Waals surface area contributed by atoms with Crippen molar-refractivity contribution in [2.45, 2.75) is 69.1 Å². The molecule has 26 heteroatoms. The molecule has 86 heavy (non-hydrogen) atoms. The molecule has 8 N–H and O–H groups in total. The largest absolute Gasteiger partial charge is 0.479 e. The van der Waals surface area contributed by atoms with E-state index in [1.54, 1.807) is 37.4 Å². The standard InChI is InChI=1S/C60H85N7O19/c1-77-23-24-79-27-28-81-31-32-83-35-36-84-34-33-82-30-29-80-26-25-78-22-20-52(68)61-21-10-9-17-50(67-60(76)85-41-49-47-15-7-5-13-45(47)46-14-6-8-16-48(46)49)57(72)63-38-53(69)62-40-55(71)66-51(37-43-11-3-2-4-12-43)58(73)64-39-54(70)65-42-86-56(59(74)75)44-18-19-44/h2-8,11-16,44,49-51,56H,9-10,17-42H2,1H3,(H,61,68)(H,62,69)(H,63,72)(H,64,73)(H,65,70)(H,66,71)(H,67,76)(H,74,75)/t50-,51-,56-/m0/s1. The number of hydrogen-bond acceptors (Lipinski definition) is 18. The van der Waals surface area contributed by atoms with Gasteiger partial charge in [-0.15, -0.1) is 0 Å². The van der Waals surface area contributed by atoms with Crippen LogP contribution in [0.4, 0.5) is 4.79 Å². The number of amides is 7. The van der Waals surface area contributed by atoms with Gasteiger partial charge in [0.05, 0.1) is 119 Å². The average Bonchev–Trinajstić information content (AvgIpc) is 2.69. The molecule has 1 saturated carbocycles. The van der Waals surface area contributed by atoms with Crippen molar-refractivity contribution in [3.8, 4) is 11.1 Å². The third-order valence-electron chi connectivity index (χ3n) is 13.4. The SMILES string of the molecule is COCCOCCOCCOCCOCCOCCOCCOCCC(=O)NCCCC[C@H](NC(=O)OCC1c2ccccc2-c2ccccc21)C(=O)NCC(=O)NCC(=O)N[C@@H](Cc1ccccc1)C(=O)NCC(=O)NCO[C@H](C(=O)O)C1CC1. The van der Waals surface area contributed by atoms with E-state index in [1.165, 1.54) is 0 Å². The number of carboxylic acid groups (broad SMARTS) is 1. The van der Waals surface area contributed by atoms with Gasteiger partial charge in [0.2, 0.25) is 35.4 Å². The molecule has 0 unspecified atom stereocenters. The number of rotatable bonds is 48. The Morgan fingerprint density at radius 3 is 1.53 bits per heavy atom. The van der Waals surface area contributed by atoms with Gasteiger partial charge in [0.25, 0.3) is 0 Å². The van der Waals surface area contributed by atoms with Gasteiger partial charge in [-0.2, -0.15) is 0 Å². The number of carbonyl (C=O) groups excluding carboxylic acids is 7. The zero-order valence-electron chi connectivity index (χ0n) is 49.0. The van der Waals surface area contributed by atoms with Crippen molar-refractivity contribution >= 4 is 47.5 Å². The van der Waals surface area contributed by atoms with E-state index >= 15 is 0 Å². The first-order chi connectivity index (χ1) is 41.9. The summed E-state index contributed by atoms with van der Waals surface area (Å²) in [4.78, 5) is 103. The number of aliphatic carboxylic acids is 1. The van der Waals surface area contributed by atoms with Crippen LogP contribution in [0.25, 0.3) is 11.1 Å². The number of fused-ring (bicyclic) bond motifs is 3. The molecule has 7 amide bonds. The zero-order valence-corrected chi connectivity index (χ0v) is 49.0. The molecule has 2 aliphatic carbocycles. The van der Waals surface area contributed by atoms with Gasteiger partial charge in [0.15, 0.2) is 6.10 Å². The maximum Gasteiger partial charge on any atom is 0.407 e. The molecule has 26 nitrogen and oxygen atoms in total. The molecule has 3 aromatic rings. The summed E-state index contributed by atoms with van der Waals surface area (Å²) < 4.78 is 54.2. The molecular weight excluding hydrogens is 1120 g/mol. The Kier molecular flexibility index (Phi) is 33.9. The first-order valence-corrected chi connectivity index (χ1v) is 29.1. The third-order valence-corrected chi connectivity index (χ3v) is 13.4. The van der Waals surface area contributed by atoms with Crippen molar-refractivity contribution < 1.29 is 90.8 Å². The number of ether oxygens (including phenoxy) is 10. The summed E-state index contributed by atoms with van der Waals surface area (Å²) in [7, 11) is 1.62. The number of alkyl carbamates (subject to hydrolysis) is 1. The number of benzene rings is 3. The second-order valence-electron chi connectivity index (χ2n) is 19.9. The molecule has 0 aromatic heterocycles. The van der Waals surface area contributed by atoms with Gasteiger partial charge in [-0.25, -0.2) is 9.59 Å². The highest BCUT2D eigenvalue weighted by atomic mass is 16.6. The van der Waals surface area contributed by atoms with Gasteiger partial charge >= 0.3 is 12.1 Å². The van der Waals surface area contributed by atoms with Crippen LogP contribution in [-0.4, -0.2) is 217 Å². The molecule has 3 aromatic carbocycles. The summed E-state index contributed by atoms with van der Waals surface area (Å²) in [6, 6.07) is 22.2. The summed E-state index contributed by atoms with van der Waals surface area (Å²) in [5.41, 5.74) is 4.78. The van der Waals surface area contributed by atoms with Gasteiger partial charge < -0.3 is 89.7 Å². The number of hydrogen-bond donors (Lipinski definition) is 8. The van der Waals surface area contributed by atoms with E-state index in [0.29, 0.717) is 124 Å². The molecule has 0 saturated heterocycles. The first-order valence-electron chi connectivity index (χ1n) is 29.1. The summed E-state index contributed by atoms with van der Waals surface area (Å²) in [5, 5.41) is 27.2. The van der Waals surface area contributed by atoms with Gasteiger partial charge in [-0.1, -0.05) is 78.9 Å². The Morgan fingerprint density at radius 1 is 0.512 bits per heavy atom. The molecular formula is C60H85N7O19. The van der Waals surface area contributed by atoms with E-state index < -0.39 is 79.4 Å². The molecule has 0 heterocycles. The van der Waals surface area contributed by atoms with Crippen molar-refractivity contribution in [1.82, 2.24) is 37.2 Å². The van der Waals surface area contributed by atoms with Crippen LogP contribution in [0.1, 0.15) is 61.1 Å². The Balaban J connectivity index is 0.972. The van der Waals surface area contributed by atoms with Crippen LogP contribution in [0.5, 0.6) is 0 Å². The molecule has 0 radical (unpaired) electrons. The number of methoxy groups -OCH3 is 1. The monoisotopic (exact) mass is 1210 g/mol. The maximum absolute atomic E-state index is 13.6. The smallest absolute Gasteiger partial charge is 0.407 e. The molecule has 5 rings (SSSR count). The molecule has 3 atom stereocenters. The van der Waals surface area contributed by atoms with Crippen molar-refractivity contribution in [2.24, 2.45) is 5.92 Å². The topological polar surface area (TPSA) is 333 Å². The van der Waals surface area contributed by atoms with Crippen LogP contribution in [0.3, 0.4) is 0 Å². The quantitative estimate of drug-likeness (QED) is 0.0292. The lowest BCUT2D eigenvalue weighted by atomic mass is 9.98. The number of carboxylic acids is 1. The van der Waals surface area contributed by atoms with Crippen LogP contribution in [0.15, 0.2) is 78.9 Å². The number of carbonyl (C=O) groups is 8. The number of unbranched alkanes of at least 4 members (excludes halogenated alkanes) is 1. The zero-order chi connectivity index (χ0) is 61.4. The van der Waals surface area contributed by atoms with Crippen molar-refractivity contribution in [2.75, 3.05) is 146 Å². The lowest BCUT2D eigenvalue weighted by Gasteiger charge is -2.20. The minimum absolute atomic E-state index is 0.00726. The summed E-state index contributed by atoms with van der Waals surface area (Å²) in [5.74, 6) is -5.27. The molecule has 0 spiro atoms. The summed E-state index contributed by atoms with van der Waals surface area (Å²) in [6.45, 7) is 4.61. The second-order valence-corrected chi connectivity index (χ2v) is 19.9. The van der Waals surface area contributed by atoms with E-state index in [-0.39, 0.29) is 63.5 Å². The predicted octanol–water partition coefficient (Wildman–Crippen LogP) is 1.36. The normalized spacial score (nSPS) is 13.5. The third kappa shape index (κ3) is 28.4. The molecule has 0 aliphatic heterocycles. The Labute approximate surface area is 501 Å². The van der Waals surface area contributed by atoms with Gasteiger partial charge in [0.1, 0.15) is 25.4 Å². The molecule has 0 bridgehead atoms. The maximum atomic E-state index is 13.6. The van der Waals surface area contributed by atoms with Crippen LogP contribution in [0.2, 0.25) is 0 Å². The average molecular weight is 1210 g/mol. The lowest BCUT2D eigenvalue weighted by Crippen LogP contribution is -2.53. The second kappa shape index (κ2) is 41.8. The van der Waals surface area contributed by atoms with E-state index in [4.69, 9.17) is 47.4 Å². The molecule has 2 aliphatic rings. The Hall–Kier alpha value is -7.14. The van der Waals surface area contributed by atoms with E-state index in [2.05, 4.69) is 37.2 Å². The van der Waals surface area contributed by atoms with Crippen LogP contribution >= 0.6 is 0 Å².